The molecule has 0 saturated heterocycles. The Hall–Kier alpha value is -2.62. The number of non-ortho nitro benzene ring substituents is 1. The average molecular weight is 417 g/mol. The van der Waals surface area contributed by atoms with Crippen LogP contribution in [0.25, 0.3) is 0 Å². The zero-order chi connectivity index (χ0) is 20.5. The first-order chi connectivity index (χ1) is 13.2. The fourth-order valence-electron chi connectivity index (χ4n) is 2.84. The van der Waals surface area contributed by atoms with E-state index in [1.54, 1.807) is 0 Å². The summed E-state index contributed by atoms with van der Waals surface area (Å²) in [7, 11) is 0. The number of benzene rings is 1. The van der Waals surface area contributed by atoms with Crippen molar-refractivity contribution < 1.29 is 22.9 Å². The number of alkyl halides is 3. The average Bonchev–Trinajstić information content (AvgIpc) is 3.41. The van der Waals surface area contributed by atoms with Crippen molar-refractivity contribution in [2.75, 3.05) is 6.54 Å². The van der Waals surface area contributed by atoms with Crippen molar-refractivity contribution in [1.82, 2.24) is 15.1 Å². The van der Waals surface area contributed by atoms with Gasteiger partial charge >= 0.3 is 6.18 Å². The molecule has 1 fully saturated rings. The van der Waals surface area contributed by atoms with E-state index in [0.717, 1.165) is 18.9 Å². The van der Waals surface area contributed by atoms with E-state index in [2.05, 4.69) is 10.4 Å². The van der Waals surface area contributed by atoms with Crippen LogP contribution in [-0.2, 0) is 12.7 Å². The van der Waals surface area contributed by atoms with Gasteiger partial charge in [0.1, 0.15) is 0 Å². The van der Waals surface area contributed by atoms with Gasteiger partial charge in [-0.15, -0.1) is 0 Å². The maximum atomic E-state index is 13.0. The molecule has 7 nitrogen and oxygen atoms in total. The van der Waals surface area contributed by atoms with Gasteiger partial charge in [0.2, 0.25) is 0 Å². The molecular weight excluding hydrogens is 401 g/mol. The van der Waals surface area contributed by atoms with Crippen LogP contribution in [0.5, 0.6) is 0 Å². The monoisotopic (exact) mass is 416 g/mol. The fourth-order valence-corrected chi connectivity index (χ4v) is 3.24. The quantitative estimate of drug-likeness (QED) is 0.417. The molecule has 1 aliphatic carbocycles. The molecule has 1 aromatic carbocycles. The highest BCUT2D eigenvalue weighted by molar-refractivity contribution is 6.32. The number of nitro groups is 1. The molecule has 0 unspecified atom stereocenters. The van der Waals surface area contributed by atoms with Crippen LogP contribution >= 0.6 is 11.6 Å². The fraction of sp³-hybridized carbons (Fsp3) is 0.412. The summed E-state index contributed by atoms with van der Waals surface area (Å²) in [5, 5.41) is 16.6. The van der Waals surface area contributed by atoms with E-state index in [4.69, 9.17) is 11.6 Å². The Bertz CT molecular complexity index is 910. The Morgan fingerprint density at radius 3 is 2.71 bits per heavy atom. The third-order valence-electron chi connectivity index (χ3n) is 4.32. The van der Waals surface area contributed by atoms with Crippen molar-refractivity contribution in [3.63, 3.8) is 0 Å². The molecule has 150 valence electrons. The first-order valence-electron chi connectivity index (χ1n) is 8.54. The maximum absolute atomic E-state index is 13.0. The summed E-state index contributed by atoms with van der Waals surface area (Å²) in [5.74, 6) is -0.517. The molecular formula is C17H16ClF3N4O3. The third-order valence-corrected chi connectivity index (χ3v) is 4.69. The van der Waals surface area contributed by atoms with Crippen molar-refractivity contribution in [2.45, 2.75) is 37.9 Å². The van der Waals surface area contributed by atoms with Crippen molar-refractivity contribution >= 4 is 23.2 Å². The van der Waals surface area contributed by atoms with Crippen LogP contribution in [0.4, 0.5) is 18.9 Å². The third kappa shape index (κ3) is 4.44. The number of aromatic nitrogens is 2. The first kappa shape index (κ1) is 20.1. The maximum Gasteiger partial charge on any atom is 0.436 e. The SMILES string of the molecule is O=C(NCCCn1nc(C(F)(F)F)c(Cl)c1C1CC1)c1cccc([N+](=O)[O-])c1. The number of carbonyl (C=O) groups is 1. The molecule has 0 radical (unpaired) electrons. The predicted molar refractivity (Wildman–Crippen MR) is 94.3 cm³/mol. The van der Waals surface area contributed by atoms with Gasteiger partial charge < -0.3 is 5.32 Å². The molecule has 1 aromatic heterocycles. The van der Waals surface area contributed by atoms with Gasteiger partial charge in [0.15, 0.2) is 5.69 Å². The first-order valence-corrected chi connectivity index (χ1v) is 8.92. The summed E-state index contributed by atoms with van der Waals surface area (Å²) in [6, 6.07) is 5.27. The van der Waals surface area contributed by atoms with E-state index in [-0.39, 0.29) is 35.3 Å². The number of hydrogen-bond donors (Lipinski definition) is 1. The summed E-state index contributed by atoms with van der Waals surface area (Å²) in [5.41, 5.74) is -0.766. The number of amides is 1. The van der Waals surface area contributed by atoms with Crippen molar-refractivity contribution in [3.05, 3.63) is 56.4 Å². The number of halogens is 4. The standard InChI is InChI=1S/C17H16ClF3N4O3/c18-13-14(10-5-6-10)24(23-15(13)17(19,20)21)8-2-7-22-16(26)11-3-1-4-12(9-11)25(27)28/h1,3-4,9-10H,2,5-8H2,(H,22,26). The molecule has 1 saturated carbocycles. The molecule has 0 bridgehead atoms. The predicted octanol–water partition coefficient (Wildman–Crippen LogP) is 4.16. The van der Waals surface area contributed by atoms with E-state index in [1.165, 1.54) is 22.9 Å². The zero-order valence-corrected chi connectivity index (χ0v) is 15.3. The molecule has 11 heteroatoms. The van der Waals surface area contributed by atoms with Gasteiger partial charge in [0, 0.05) is 36.7 Å². The summed E-state index contributed by atoms with van der Waals surface area (Å²) in [6.07, 6.45) is -2.75. The van der Waals surface area contributed by atoms with Crippen LogP contribution in [-0.4, -0.2) is 27.2 Å². The Morgan fingerprint density at radius 1 is 1.39 bits per heavy atom. The van der Waals surface area contributed by atoms with Gasteiger partial charge in [0.25, 0.3) is 11.6 Å². The molecule has 1 aliphatic rings. The number of rotatable bonds is 7. The van der Waals surface area contributed by atoms with E-state index >= 15 is 0 Å². The highest BCUT2D eigenvalue weighted by Gasteiger charge is 2.41. The van der Waals surface area contributed by atoms with Crippen LogP contribution in [0.1, 0.15) is 46.9 Å². The normalized spacial score (nSPS) is 14.1. The smallest absolute Gasteiger partial charge is 0.352 e. The van der Waals surface area contributed by atoms with Gasteiger partial charge in [-0.1, -0.05) is 17.7 Å². The van der Waals surface area contributed by atoms with Gasteiger partial charge in [-0.25, -0.2) is 0 Å². The highest BCUT2D eigenvalue weighted by atomic mass is 35.5. The summed E-state index contributed by atoms with van der Waals surface area (Å²) in [4.78, 5) is 22.2. The number of nitro benzene ring substituents is 1. The van der Waals surface area contributed by atoms with Gasteiger partial charge in [-0.2, -0.15) is 18.3 Å². The number of hydrogen-bond acceptors (Lipinski definition) is 4. The lowest BCUT2D eigenvalue weighted by atomic mass is 10.2. The molecule has 0 atom stereocenters. The minimum absolute atomic E-state index is 0.0180. The molecule has 0 spiro atoms. The Kier molecular flexibility index (Phi) is 5.59. The minimum Gasteiger partial charge on any atom is -0.352 e. The van der Waals surface area contributed by atoms with Gasteiger partial charge in [0.05, 0.1) is 15.6 Å². The Balaban J connectivity index is 1.60. The summed E-state index contributed by atoms with van der Waals surface area (Å²) < 4.78 is 40.4. The number of nitrogens with zero attached hydrogens (tertiary/aromatic N) is 3. The lowest BCUT2D eigenvalue weighted by Gasteiger charge is -2.08. The van der Waals surface area contributed by atoms with Crippen LogP contribution in [0.2, 0.25) is 5.02 Å². The molecule has 28 heavy (non-hydrogen) atoms. The summed E-state index contributed by atoms with van der Waals surface area (Å²) >= 11 is 5.90. The minimum atomic E-state index is -4.62. The number of carbonyl (C=O) groups excluding carboxylic acids is 1. The topological polar surface area (TPSA) is 90.1 Å². The molecule has 2 aromatic rings. The molecule has 3 rings (SSSR count). The van der Waals surface area contributed by atoms with E-state index in [1.807, 2.05) is 0 Å². The molecule has 1 heterocycles. The van der Waals surface area contributed by atoms with Gasteiger partial charge in [-0.3, -0.25) is 19.6 Å². The van der Waals surface area contributed by atoms with Gasteiger partial charge in [-0.05, 0) is 25.3 Å². The second-order valence-corrected chi connectivity index (χ2v) is 6.84. The van der Waals surface area contributed by atoms with Crippen LogP contribution in [0.15, 0.2) is 24.3 Å². The number of aryl methyl sites for hydroxylation is 1. The largest absolute Gasteiger partial charge is 0.436 e. The van der Waals surface area contributed by atoms with Crippen molar-refractivity contribution in [2.24, 2.45) is 0 Å². The molecule has 1 N–H and O–H groups in total. The van der Waals surface area contributed by atoms with E-state index in [9.17, 15) is 28.1 Å². The summed E-state index contributed by atoms with van der Waals surface area (Å²) in [6.45, 7) is 0.335. The Labute approximate surface area is 162 Å². The number of nitrogens with one attached hydrogen (secondary N) is 1. The second-order valence-electron chi connectivity index (χ2n) is 6.46. The second kappa shape index (κ2) is 7.78. The Morgan fingerprint density at radius 2 is 2.11 bits per heavy atom. The lowest BCUT2D eigenvalue weighted by molar-refractivity contribution is -0.384. The van der Waals surface area contributed by atoms with Crippen LogP contribution in [0, 0.1) is 10.1 Å². The van der Waals surface area contributed by atoms with E-state index < -0.39 is 22.7 Å². The zero-order valence-electron chi connectivity index (χ0n) is 14.5. The highest BCUT2D eigenvalue weighted by Crippen LogP contribution is 2.46. The molecule has 1 amide bonds. The van der Waals surface area contributed by atoms with Crippen LogP contribution < -0.4 is 5.32 Å². The van der Waals surface area contributed by atoms with E-state index in [0.29, 0.717) is 12.1 Å². The van der Waals surface area contributed by atoms with Crippen molar-refractivity contribution in [3.8, 4) is 0 Å². The van der Waals surface area contributed by atoms with Crippen molar-refractivity contribution in [1.29, 1.82) is 0 Å². The molecule has 0 aliphatic heterocycles. The lowest BCUT2D eigenvalue weighted by Crippen LogP contribution is -2.25. The van der Waals surface area contributed by atoms with Crippen LogP contribution in [0.3, 0.4) is 0 Å².